The van der Waals surface area contributed by atoms with Crippen LogP contribution in [-0.2, 0) is 10.0 Å². The zero-order valence-corrected chi connectivity index (χ0v) is 14.0. The molecule has 1 rings (SSSR count). The second kappa shape index (κ2) is 7.63. The molecule has 4 N–H and O–H groups in total. The molecular weight excluding hydrogens is 288 g/mol. The number of benzene rings is 1. The smallest absolute Gasteiger partial charge is 0.242 e. The number of hydrogen-bond acceptors (Lipinski definition) is 5. The molecule has 0 fully saturated rings. The summed E-state index contributed by atoms with van der Waals surface area (Å²) in [7, 11) is -0.0582. The Hall–Kier alpha value is -1.31. The molecule has 0 spiro atoms. The third kappa shape index (κ3) is 5.18. The summed E-state index contributed by atoms with van der Waals surface area (Å²) < 4.78 is 26.3. The Morgan fingerprint density at radius 1 is 1.33 bits per heavy atom. The van der Waals surface area contributed by atoms with Gasteiger partial charge in [0.25, 0.3) is 0 Å². The summed E-state index contributed by atoms with van der Waals surface area (Å²) >= 11 is 0. The fourth-order valence-electron chi connectivity index (χ4n) is 1.83. The van der Waals surface area contributed by atoms with Gasteiger partial charge in [-0.25, -0.2) is 13.1 Å². The SMILES string of the molecule is CNS(=O)(=O)c1cc(N)ccc1NCCCN(C)C(C)C. The topological polar surface area (TPSA) is 87.5 Å². The van der Waals surface area contributed by atoms with E-state index in [1.807, 2.05) is 0 Å². The van der Waals surface area contributed by atoms with Gasteiger partial charge in [-0.1, -0.05) is 0 Å². The van der Waals surface area contributed by atoms with Gasteiger partial charge in [-0.3, -0.25) is 0 Å². The molecule has 0 saturated carbocycles. The summed E-state index contributed by atoms with van der Waals surface area (Å²) in [6.07, 6.45) is 0.929. The second-order valence-corrected chi connectivity index (χ2v) is 7.17. The van der Waals surface area contributed by atoms with E-state index in [0.29, 0.717) is 24.0 Å². The van der Waals surface area contributed by atoms with E-state index in [4.69, 9.17) is 5.73 Å². The van der Waals surface area contributed by atoms with E-state index >= 15 is 0 Å². The highest BCUT2D eigenvalue weighted by Crippen LogP contribution is 2.23. The third-order valence-electron chi connectivity index (χ3n) is 3.45. The molecule has 0 bridgehead atoms. The largest absolute Gasteiger partial charge is 0.399 e. The van der Waals surface area contributed by atoms with Crippen molar-refractivity contribution in [3.05, 3.63) is 18.2 Å². The predicted octanol–water partition coefficient (Wildman–Crippen LogP) is 1.32. The van der Waals surface area contributed by atoms with Gasteiger partial charge in [0, 0.05) is 18.3 Å². The lowest BCUT2D eigenvalue weighted by molar-refractivity contribution is 0.273. The summed E-state index contributed by atoms with van der Waals surface area (Å²) in [5.74, 6) is 0. The first-order valence-electron chi connectivity index (χ1n) is 7.05. The Labute approximate surface area is 127 Å². The Kier molecular flexibility index (Phi) is 6.44. The van der Waals surface area contributed by atoms with Crippen molar-refractivity contribution in [2.45, 2.75) is 31.2 Å². The number of hydrogen-bond donors (Lipinski definition) is 3. The van der Waals surface area contributed by atoms with Crippen LogP contribution in [0.3, 0.4) is 0 Å². The highest BCUT2D eigenvalue weighted by atomic mass is 32.2. The molecule has 0 unspecified atom stereocenters. The van der Waals surface area contributed by atoms with Crippen molar-refractivity contribution in [1.29, 1.82) is 0 Å². The molecule has 0 aliphatic heterocycles. The number of anilines is 2. The van der Waals surface area contributed by atoms with Crippen molar-refractivity contribution in [1.82, 2.24) is 9.62 Å². The minimum Gasteiger partial charge on any atom is -0.399 e. The maximum absolute atomic E-state index is 12.0. The lowest BCUT2D eigenvalue weighted by Gasteiger charge is -2.21. The maximum Gasteiger partial charge on any atom is 0.242 e. The predicted molar refractivity (Wildman–Crippen MR) is 88.0 cm³/mol. The average molecular weight is 314 g/mol. The molecule has 7 heteroatoms. The fraction of sp³-hybridized carbons (Fsp3) is 0.571. The summed E-state index contributed by atoms with van der Waals surface area (Å²) in [5.41, 5.74) is 6.68. The molecule has 0 aliphatic rings. The molecule has 0 saturated heterocycles. The van der Waals surface area contributed by atoms with Crippen LogP contribution < -0.4 is 15.8 Å². The van der Waals surface area contributed by atoms with Crippen LogP contribution in [0.4, 0.5) is 11.4 Å². The second-order valence-electron chi connectivity index (χ2n) is 5.32. The molecule has 0 radical (unpaired) electrons. The summed E-state index contributed by atoms with van der Waals surface area (Å²) in [5, 5.41) is 3.17. The normalized spacial score (nSPS) is 12.1. The Morgan fingerprint density at radius 3 is 2.57 bits per heavy atom. The minimum absolute atomic E-state index is 0.183. The molecule has 6 nitrogen and oxygen atoms in total. The van der Waals surface area contributed by atoms with Gasteiger partial charge >= 0.3 is 0 Å². The van der Waals surface area contributed by atoms with Gasteiger partial charge in [0.05, 0.1) is 5.69 Å². The zero-order chi connectivity index (χ0) is 16.0. The quantitative estimate of drug-likeness (QED) is 0.497. The average Bonchev–Trinajstić information content (AvgIpc) is 2.44. The first-order valence-corrected chi connectivity index (χ1v) is 8.53. The molecule has 0 amide bonds. The van der Waals surface area contributed by atoms with E-state index in [-0.39, 0.29) is 4.90 Å². The number of sulfonamides is 1. The van der Waals surface area contributed by atoms with E-state index in [1.165, 1.54) is 13.1 Å². The van der Waals surface area contributed by atoms with Gasteiger partial charge in [-0.15, -0.1) is 0 Å². The van der Waals surface area contributed by atoms with Crippen molar-refractivity contribution in [2.75, 3.05) is 38.2 Å². The van der Waals surface area contributed by atoms with Crippen molar-refractivity contribution in [3.63, 3.8) is 0 Å². The Balaban J connectivity index is 2.72. The number of rotatable bonds is 8. The van der Waals surface area contributed by atoms with Gasteiger partial charge < -0.3 is 16.0 Å². The van der Waals surface area contributed by atoms with Crippen LogP contribution in [0, 0.1) is 0 Å². The standard InChI is InChI=1S/C14H26N4O2S/c1-11(2)18(4)9-5-8-17-13-7-6-12(15)10-14(13)21(19,20)16-3/h6-7,10-11,16-17H,5,8-9,15H2,1-4H3. The van der Waals surface area contributed by atoms with Gasteiger partial charge in [-0.2, -0.15) is 0 Å². The van der Waals surface area contributed by atoms with Crippen molar-refractivity contribution < 1.29 is 8.42 Å². The first-order chi connectivity index (χ1) is 9.77. The van der Waals surface area contributed by atoms with Crippen LogP contribution in [0.15, 0.2) is 23.1 Å². The lowest BCUT2D eigenvalue weighted by Crippen LogP contribution is -2.28. The Bertz CT molecular complexity index is 558. The molecule has 1 aromatic rings. The van der Waals surface area contributed by atoms with E-state index in [0.717, 1.165) is 13.0 Å². The highest BCUT2D eigenvalue weighted by molar-refractivity contribution is 7.89. The third-order valence-corrected chi connectivity index (χ3v) is 4.90. The van der Waals surface area contributed by atoms with Crippen molar-refractivity contribution in [2.24, 2.45) is 0 Å². The van der Waals surface area contributed by atoms with E-state index < -0.39 is 10.0 Å². The fourth-order valence-corrected chi connectivity index (χ4v) is 2.77. The zero-order valence-electron chi connectivity index (χ0n) is 13.2. The van der Waals surface area contributed by atoms with Crippen molar-refractivity contribution in [3.8, 4) is 0 Å². The number of nitrogens with two attached hydrogens (primary N) is 1. The Morgan fingerprint density at radius 2 is 2.00 bits per heavy atom. The summed E-state index contributed by atoms with van der Waals surface area (Å²) in [6.45, 7) is 5.94. The molecular formula is C14H26N4O2S. The van der Waals surface area contributed by atoms with Crippen LogP contribution >= 0.6 is 0 Å². The first kappa shape index (κ1) is 17.7. The monoisotopic (exact) mass is 314 g/mol. The molecule has 120 valence electrons. The molecule has 21 heavy (non-hydrogen) atoms. The van der Waals surface area contributed by atoms with Crippen LogP contribution in [0.2, 0.25) is 0 Å². The molecule has 0 aliphatic carbocycles. The lowest BCUT2D eigenvalue weighted by atomic mass is 10.2. The maximum atomic E-state index is 12.0. The van der Waals surface area contributed by atoms with Crippen LogP contribution in [0.1, 0.15) is 20.3 Å². The summed E-state index contributed by atoms with van der Waals surface area (Å²) in [6, 6.07) is 5.36. The van der Waals surface area contributed by atoms with E-state index in [2.05, 4.69) is 35.8 Å². The highest BCUT2D eigenvalue weighted by Gasteiger charge is 2.16. The van der Waals surface area contributed by atoms with Crippen LogP contribution in [0.25, 0.3) is 0 Å². The number of nitrogens with one attached hydrogen (secondary N) is 2. The van der Waals surface area contributed by atoms with Gasteiger partial charge in [-0.05, 0) is 59.1 Å². The molecule has 0 atom stereocenters. The van der Waals surface area contributed by atoms with Crippen molar-refractivity contribution >= 4 is 21.4 Å². The van der Waals surface area contributed by atoms with Crippen LogP contribution in [0.5, 0.6) is 0 Å². The molecule has 0 heterocycles. The minimum atomic E-state index is -3.52. The molecule has 1 aromatic carbocycles. The molecule has 0 aromatic heterocycles. The van der Waals surface area contributed by atoms with E-state index in [9.17, 15) is 8.42 Å². The van der Waals surface area contributed by atoms with Crippen LogP contribution in [-0.4, -0.2) is 46.5 Å². The summed E-state index contributed by atoms with van der Waals surface area (Å²) in [4.78, 5) is 2.43. The van der Waals surface area contributed by atoms with E-state index in [1.54, 1.807) is 12.1 Å². The van der Waals surface area contributed by atoms with Gasteiger partial charge in [0.15, 0.2) is 0 Å². The van der Waals surface area contributed by atoms with Gasteiger partial charge in [0.2, 0.25) is 10.0 Å². The van der Waals surface area contributed by atoms with Gasteiger partial charge in [0.1, 0.15) is 4.90 Å². The number of nitrogen functional groups attached to an aromatic ring is 1. The number of nitrogens with zero attached hydrogens (tertiary/aromatic N) is 1.